The molecule has 0 aliphatic carbocycles. The largest absolute Gasteiger partial charge is 0.298 e. The SMILES string of the molecule is CC(=O)C(Cl)c1cc([N+](=O)[O-])ccc1Br. The molecule has 1 aromatic rings. The van der Waals surface area contributed by atoms with Crippen LogP contribution in [0.2, 0.25) is 0 Å². The molecule has 0 N–H and O–H groups in total. The average molecular weight is 293 g/mol. The number of nitro benzene ring substituents is 1. The van der Waals surface area contributed by atoms with Crippen molar-refractivity contribution in [3.8, 4) is 0 Å². The molecule has 15 heavy (non-hydrogen) atoms. The van der Waals surface area contributed by atoms with Crippen LogP contribution < -0.4 is 0 Å². The van der Waals surface area contributed by atoms with Crippen molar-refractivity contribution in [2.24, 2.45) is 0 Å². The number of rotatable bonds is 3. The minimum Gasteiger partial charge on any atom is -0.298 e. The first-order valence-electron chi connectivity index (χ1n) is 4.02. The molecule has 0 fully saturated rings. The Morgan fingerprint density at radius 1 is 1.60 bits per heavy atom. The topological polar surface area (TPSA) is 60.2 Å². The van der Waals surface area contributed by atoms with Crippen LogP contribution in [0, 0.1) is 10.1 Å². The van der Waals surface area contributed by atoms with Gasteiger partial charge in [-0.05, 0) is 18.6 Å². The third-order valence-corrected chi connectivity index (χ3v) is 3.08. The number of halogens is 2. The Labute approximate surface area is 99.5 Å². The fraction of sp³-hybridized carbons (Fsp3) is 0.222. The molecule has 0 heterocycles. The van der Waals surface area contributed by atoms with Gasteiger partial charge in [0.25, 0.3) is 5.69 Å². The highest BCUT2D eigenvalue weighted by atomic mass is 79.9. The monoisotopic (exact) mass is 291 g/mol. The molecule has 0 bridgehead atoms. The number of ketones is 1. The average Bonchev–Trinajstić information content (AvgIpc) is 2.16. The zero-order valence-corrected chi connectivity index (χ0v) is 10.1. The molecule has 4 nitrogen and oxygen atoms in total. The summed E-state index contributed by atoms with van der Waals surface area (Å²) >= 11 is 9.01. The third-order valence-electron chi connectivity index (χ3n) is 1.82. The maximum Gasteiger partial charge on any atom is 0.269 e. The molecule has 1 atom stereocenters. The van der Waals surface area contributed by atoms with E-state index in [-0.39, 0.29) is 11.5 Å². The van der Waals surface area contributed by atoms with Crippen LogP contribution in [0.3, 0.4) is 0 Å². The maximum absolute atomic E-state index is 11.1. The minimum atomic E-state index is -0.862. The summed E-state index contributed by atoms with van der Waals surface area (Å²) in [6, 6.07) is 4.15. The zero-order chi connectivity index (χ0) is 11.6. The predicted molar refractivity (Wildman–Crippen MR) is 60.1 cm³/mol. The molecule has 0 aliphatic heterocycles. The minimum absolute atomic E-state index is 0.0832. The Kier molecular flexibility index (Phi) is 3.82. The lowest BCUT2D eigenvalue weighted by Crippen LogP contribution is -2.03. The van der Waals surface area contributed by atoms with E-state index < -0.39 is 10.3 Å². The second kappa shape index (κ2) is 4.72. The van der Waals surface area contributed by atoms with Crippen molar-refractivity contribution >= 4 is 39.0 Å². The number of hydrogen-bond donors (Lipinski definition) is 0. The standard InChI is InChI=1S/C9H7BrClNO3/c1-5(13)9(11)7-4-6(12(14)15)2-3-8(7)10/h2-4,9H,1H3. The van der Waals surface area contributed by atoms with Gasteiger partial charge in [-0.1, -0.05) is 15.9 Å². The van der Waals surface area contributed by atoms with Crippen molar-refractivity contribution in [3.05, 3.63) is 38.3 Å². The van der Waals surface area contributed by atoms with Gasteiger partial charge in [0.1, 0.15) is 5.38 Å². The van der Waals surface area contributed by atoms with E-state index >= 15 is 0 Å². The molecule has 0 amide bonds. The van der Waals surface area contributed by atoms with E-state index in [1.807, 2.05) is 0 Å². The molecule has 0 aromatic heterocycles. The second-order valence-corrected chi connectivity index (χ2v) is 4.23. The molecule has 0 radical (unpaired) electrons. The number of alkyl halides is 1. The van der Waals surface area contributed by atoms with Crippen LogP contribution >= 0.6 is 27.5 Å². The molecule has 80 valence electrons. The summed E-state index contributed by atoms with van der Waals surface area (Å²) in [5.41, 5.74) is 0.332. The van der Waals surface area contributed by atoms with Gasteiger partial charge >= 0.3 is 0 Å². The van der Waals surface area contributed by atoms with E-state index in [4.69, 9.17) is 11.6 Å². The highest BCUT2D eigenvalue weighted by Gasteiger charge is 2.19. The number of hydrogen-bond acceptors (Lipinski definition) is 3. The fourth-order valence-corrected chi connectivity index (χ4v) is 1.85. The molecule has 6 heteroatoms. The normalized spacial score (nSPS) is 12.2. The molecule has 0 saturated carbocycles. The van der Waals surface area contributed by atoms with Crippen molar-refractivity contribution < 1.29 is 9.72 Å². The van der Waals surface area contributed by atoms with Crippen molar-refractivity contribution in [3.63, 3.8) is 0 Å². The quantitative estimate of drug-likeness (QED) is 0.488. The molecule has 1 rings (SSSR count). The van der Waals surface area contributed by atoms with Gasteiger partial charge in [-0.2, -0.15) is 0 Å². The summed E-state index contributed by atoms with van der Waals surface area (Å²) in [5, 5.41) is 9.66. The highest BCUT2D eigenvalue weighted by molar-refractivity contribution is 9.10. The molecule has 0 aliphatic rings. The number of carbonyl (C=O) groups is 1. The van der Waals surface area contributed by atoms with Gasteiger partial charge in [0.15, 0.2) is 5.78 Å². The van der Waals surface area contributed by atoms with E-state index in [9.17, 15) is 14.9 Å². The van der Waals surface area contributed by atoms with Gasteiger partial charge in [-0.15, -0.1) is 11.6 Å². The van der Waals surface area contributed by atoms with Crippen LogP contribution in [-0.4, -0.2) is 10.7 Å². The van der Waals surface area contributed by atoms with E-state index in [1.165, 1.54) is 25.1 Å². The van der Waals surface area contributed by atoms with Crippen LogP contribution in [-0.2, 0) is 4.79 Å². The van der Waals surface area contributed by atoms with Gasteiger partial charge in [-0.3, -0.25) is 14.9 Å². The first-order chi connectivity index (χ1) is 6.93. The van der Waals surface area contributed by atoms with Gasteiger partial charge in [-0.25, -0.2) is 0 Å². The number of nitro groups is 1. The lowest BCUT2D eigenvalue weighted by Gasteiger charge is -2.07. The molecule has 0 spiro atoms. The zero-order valence-electron chi connectivity index (χ0n) is 7.74. The lowest BCUT2D eigenvalue weighted by atomic mass is 10.1. The van der Waals surface area contributed by atoms with Gasteiger partial charge in [0, 0.05) is 16.6 Å². The molecule has 1 aromatic carbocycles. The lowest BCUT2D eigenvalue weighted by molar-refractivity contribution is -0.384. The number of non-ortho nitro benzene ring substituents is 1. The smallest absolute Gasteiger partial charge is 0.269 e. The van der Waals surface area contributed by atoms with E-state index in [2.05, 4.69) is 15.9 Å². The van der Waals surface area contributed by atoms with Crippen molar-refractivity contribution in [1.29, 1.82) is 0 Å². The second-order valence-electron chi connectivity index (χ2n) is 2.94. The maximum atomic E-state index is 11.1. The van der Waals surface area contributed by atoms with Crippen LogP contribution in [0.4, 0.5) is 5.69 Å². The highest BCUT2D eigenvalue weighted by Crippen LogP contribution is 2.31. The summed E-state index contributed by atoms with van der Waals surface area (Å²) in [4.78, 5) is 21.0. The van der Waals surface area contributed by atoms with E-state index in [1.54, 1.807) is 0 Å². The van der Waals surface area contributed by atoms with Crippen molar-refractivity contribution in [2.45, 2.75) is 12.3 Å². The number of carbonyl (C=O) groups excluding carboxylic acids is 1. The van der Waals surface area contributed by atoms with Crippen molar-refractivity contribution in [2.75, 3.05) is 0 Å². The Balaban J connectivity index is 3.22. The molecule has 0 saturated heterocycles. The summed E-state index contributed by atoms with van der Waals surface area (Å²) in [6.45, 7) is 1.34. The summed E-state index contributed by atoms with van der Waals surface area (Å²) in [5.74, 6) is -0.252. The first kappa shape index (κ1) is 12.1. The van der Waals surface area contributed by atoms with Crippen molar-refractivity contribution in [1.82, 2.24) is 0 Å². The number of Topliss-reactive ketones (excluding diaryl/α,β-unsaturated/α-hetero) is 1. The fourth-order valence-electron chi connectivity index (χ4n) is 1.06. The summed E-state index contributed by atoms with van der Waals surface area (Å²) < 4.78 is 0.586. The first-order valence-corrected chi connectivity index (χ1v) is 5.24. The molecular weight excluding hydrogens is 285 g/mol. The van der Waals surface area contributed by atoms with Gasteiger partial charge in [0.05, 0.1) is 4.92 Å². The number of nitrogens with zero attached hydrogens (tertiary/aromatic N) is 1. The third kappa shape index (κ3) is 2.76. The Bertz CT molecular complexity index is 422. The van der Waals surface area contributed by atoms with E-state index in [0.717, 1.165) is 0 Å². The Hall–Kier alpha value is -0.940. The Morgan fingerprint density at radius 2 is 2.20 bits per heavy atom. The summed E-state index contributed by atoms with van der Waals surface area (Å²) in [6.07, 6.45) is 0. The van der Waals surface area contributed by atoms with Crippen LogP contribution in [0.1, 0.15) is 17.9 Å². The van der Waals surface area contributed by atoms with Crippen LogP contribution in [0.5, 0.6) is 0 Å². The number of benzene rings is 1. The van der Waals surface area contributed by atoms with Gasteiger partial charge in [0.2, 0.25) is 0 Å². The van der Waals surface area contributed by atoms with E-state index in [0.29, 0.717) is 10.0 Å². The molecular formula is C9H7BrClNO3. The predicted octanol–water partition coefficient (Wildman–Crippen LogP) is 3.23. The Morgan fingerprint density at radius 3 is 2.67 bits per heavy atom. The van der Waals surface area contributed by atoms with Gasteiger partial charge < -0.3 is 0 Å². The van der Waals surface area contributed by atoms with Crippen LogP contribution in [0.25, 0.3) is 0 Å². The molecule has 1 unspecified atom stereocenters. The summed E-state index contributed by atoms with van der Waals surface area (Å²) in [7, 11) is 0. The van der Waals surface area contributed by atoms with Crippen LogP contribution in [0.15, 0.2) is 22.7 Å².